The Balaban J connectivity index is 1.82. The summed E-state index contributed by atoms with van der Waals surface area (Å²) in [6.45, 7) is 4.38. The zero-order valence-corrected chi connectivity index (χ0v) is 11.2. The van der Waals surface area contributed by atoms with Gasteiger partial charge in [-0.15, -0.1) is 0 Å². The van der Waals surface area contributed by atoms with Crippen LogP contribution in [-0.4, -0.2) is 53.6 Å². The molecule has 20 heavy (non-hydrogen) atoms. The molecule has 1 fully saturated rings. The van der Waals surface area contributed by atoms with Crippen molar-refractivity contribution in [3.8, 4) is 6.07 Å². The predicted octanol–water partition coefficient (Wildman–Crippen LogP) is 0.181. The van der Waals surface area contributed by atoms with Crippen molar-refractivity contribution < 1.29 is 10.0 Å². The number of amides is 1. The van der Waals surface area contributed by atoms with Crippen LogP contribution in [0.25, 0.3) is 0 Å². The maximum absolute atomic E-state index is 11.1. The minimum absolute atomic E-state index is 0.230. The predicted molar refractivity (Wildman–Crippen MR) is 72.8 cm³/mol. The molecule has 1 aliphatic rings. The van der Waals surface area contributed by atoms with Gasteiger partial charge in [-0.1, -0.05) is 12.1 Å². The van der Waals surface area contributed by atoms with E-state index in [-0.39, 0.29) is 12.5 Å². The molecule has 1 aromatic rings. The number of piperazine rings is 1. The Bertz CT molecular complexity index is 504. The molecule has 106 valence electrons. The van der Waals surface area contributed by atoms with E-state index in [0.717, 1.165) is 38.3 Å². The fourth-order valence-electron chi connectivity index (χ4n) is 2.34. The SMILES string of the molecule is N#Cc1cccc(CN2CCN(CC(=O)NO)CC2)c1. The van der Waals surface area contributed by atoms with Crippen LogP contribution in [0.15, 0.2) is 24.3 Å². The number of nitrogens with one attached hydrogen (secondary N) is 1. The third-order valence-corrected chi connectivity index (χ3v) is 3.42. The molecule has 0 atom stereocenters. The van der Waals surface area contributed by atoms with E-state index in [1.165, 1.54) is 0 Å². The zero-order chi connectivity index (χ0) is 14.4. The third-order valence-electron chi connectivity index (χ3n) is 3.42. The van der Waals surface area contributed by atoms with E-state index in [9.17, 15) is 4.79 Å². The third kappa shape index (κ3) is 4.03. The molecule has 0 saturated carbocycles. The number of hydrogen-bond acceptors (Lipinski definition) is 5. The summed E-state index contributed by atoms with van der Waals surface area (Å²) in [5, 5.41) is 17.4. The smallest absolute Gasteiger partial charge is 0.257 e. The van der Waals surface area contributed by atoms with Crippen LogP contribution in [-0.2, 0) is 11.3 Å². The Kier molecular flexibility index (Phi) is 5.07. The molecule has 2 rings (SSSR count). The van der Waals surface area contributed by atoms with Crippen LogP contribution in [0, 0.1) is 11.3 Å². The van der Waals surface area contributed by atoms with E-state index >= 15 is 0 Å². The van der Waals surface area contributed by atoms with Crippen molar-refractivity contribution in [3.05, 3.63) is 35.4 Å². The molecule has 1 aromatic carbocycles. The second-order valence-electron chi connectivity index (χ2n) is 4.90. The number of nitrogens with zero attached hydrogens (tertiary/aromatic N) is 3. The van der Waals surface area contributed by atoms with Crippen LogP contribution in [0.2, 0.25) is 0 Å². The second kappa shape index (κ2) is 7.01. The molecule has 6 heteroatoms. The van der Waals surface area contributed by atoms with Crippen molar-refractivity contribution in [2.45, 2.75) is 6.54 Å². The molecule has 0 radical (unpaired) electrons. The van der Waals surface area contributed by atoms with Gasteiger partial charge in [0.25, 0.3) is 5.91 Å². The summed E-state index contributed by atoms with van der Waals surface area (Å²) in [5.41, 5.74) is 3.46. The number of benzene rings is 1. The topological polar surface area (TPSA) is 79.6 Å². The standard InChI is InChI=1S/C14H18N4O2/c15-9-12-2-1-3-13(8-12)10-17-4-6-18(7-5-17)11-14(19)16-20/h1-3,8,20H,4-7,10-11H2,(H,16,19). The number of hydroxylamine groups is 1. The summed E-state index contributed by atoms with van der Waals surface area (Å²) in [4.78, 5) is 15.4. The number of nitriles is 1. The molecule has 1 saturated heterocycles. The van der Waals surface area contributed by atoms with Gasteiger partial charge in [0.2, 0.25) is 0 Å². The first-order valence-electron chi connectivity index (χ1n) is 6.58. The highest BCUT2D eigenvalue weighted by Gasteiger charge is 2.18. The molecule has 0 unspecified atom stereocenters. The summed E-state index contributed by atoms with van der Waals surface area (Å²) in [7, 11) is 0. The number of carbonyl (C=O) groups is 1. The molecule has 0 aliphatic carbocycles. The van der Waals surface area contributed by atoms with Crippen molar-refractivity contribution in [2.75, 3.05) is 32.7 Å². The lowest BCUT2D eigenvalue weighted by Crippen LogP contribution is -2.48. The molecule has 1 heterocycles. The molecular weight excluding hydrogens is 256 g/mol. The maximum Gasteiger partial charge on any atom is 0.257 e. The fourth-order valence-corrected chi connectivity index (χ4v) is 2.34. The molecule has 6 nitrogen and oxygen atoms in total. The highest BCUT2D eigenvalue weighted by atomic mass is 16.5. The summed E-state index contributed by atoms with van der Waals surface area (Å²) in [6, 6.07) is 9.77. The molecule has 0 spiro atoms. The molecule has 0 bridgehead atoms. The lowest BCUT2D eigenvalue weighted by Gasteiger charge is -2.34. The van der Waals surface area contributed by atoms with Gasteiger partial charge < -0.3 is 0 Å². The average Bonchev–Trinajstić information content (AvgIpc) is 2.49. The highest BCUT2D eigenvalue weighted by Crippen LogP contribution is 2.10. The van der Waals surface area contributed by atoms with Crippen LogP contribution in [0.3, 0.4) is 0 Å². The summed E-state index contributed by atoms with van der Waals surface area (Å²) >= 11 is 0. The largest absolute Gasteiger partial charge is 0.297 e. The van der Waals surface area contributed by atoms with Gasteiger partial charge in [0.05, 0.1) is 18.2 Å². The van der Waals surface area contributed by atoms with Gasteiger partial charge >= 0.3 is 0 Å². The van der Waals surface area contributed by atoms with Crippen molar-refractivity contribution in [2.24, 2.45) is 0 Å². The Morgan fingerprint density at radius 3 is 2.65 bits per heavy atom. The minimum Gasteiger partial charge on any atom is -0.297 e. The van der Waals surface area contributed by atoms with Crippen molar-refractivity contribution in [3.63, 3.8) is 0 Å². The molecule has 0 aromatic heterocycles. The fraction of sp³-hybridized carbons (Fsp3) is 0.429. The molecule has 1 amide bonds. The maximum atomic E-state index is 11.1. The Morgan fingerprint density at radius 2 is 2.00 bits per heavy atom. The first-order chi connectivity index (χ1) is 9.71. The summed E-state index contributed by atoms with van der Waals surface area (Å²) < 4.78 is 0. The average molecular weight is 274 g/mol. The number of rotatable bonds is 4. The van der Waals surface area contributed by atoms with Crippen molar-refractivity contribution >= 4 is 5.91 Å². The van der Waals surface area contributed by atoms with Crippen LogP contribution >= 0.6 is 0 Å². The van der Waals surface area contributed by atoms with Crippen molar-refractivity contribution in [1.82, 2.24) is 15.3 Å². The quantitative estimate of drug-likeness (QED) is 0.605. The molecule has 2 N–H and O–H groups in total. The Morgan fingerprint density at radius 1 is 1.30 bits per heavy atom. The van der Waals surface area contributed by atoms with Crippen LogP contribution < -0.4 is 5.48 Å². The second-order valence-corrected chi connectivity index (χ2v) is 4.90. The zero-order valence-electron chi connectivity index (χ0n) is 11.2. The first-order valence-corrected chi connectivity index (χ1v) is 6.58. The van der Waals surface area contributed by atoms with Crippen LogP contribution in [0.1, 0.15) is 11.1 Å². The van der Waals surface area contributed by atoms with Gasteiger partial charge in [-0.3, -0.25) is 19.8 Å². The van der Waals surface area contributed by atoms with Gasteiger partial charge in [-0.2, -0.15) is 5.26 Å². The Labute approximate surface area is 118 Å². The van der Waals surface area contributed by atoms with E-state index in [0.29, 0.717) is 5.56 Å². The number of hydrogen-bond donors (Lipinski definition) is 2. The van der Waals surface area contributed by atoms with Crippen LogP contribution in [0.4, 0.5) is 0 Å². The normalized spacial score (nSPS) is 16.6. The molecular formula is C14H18N4O2. The lowest BCUT2D eigenvalue weighted by molar-refractivity contribution is -0.130. The monoisotopic (exact) mass is 274 g/mol. The van der Waals surface area contributed by atoms with E-state index in [1.54, 1.807) is 11.5 Å². The van der Waals surface area contributed by atoms with Crippen molar-refractivity contribution in [1.29, 1.82) is 5.26 Å². The van der Waals surface area contributed by atoms with E-state index in [2.05, 4.69) is 11.0 Å². The van der Waals surface area contributed by atoms with E-state index in [1.807, 2.05) is 23.1 Å². The first kappa shape index (κ1) is 14.5. The Hall–Kier alpha value is -1.94. The number of carbonyl (C=O) groups excluding carboxylic acids is 1. The van der Waals surface area contributed by atoms with E-state index in [4.69, 9.17) is 10.5 Å². The van der Waals surface area contributed by atoms with Gasteiger partial charge in [0.15, 0.2) is 0 Å². The summed E-state index contributed by atoms with van der Waals surface area (Å²) in [5.74, 6) is -0.375. The van der Waals surface area contributed by atoms with E-state index < -0.39 is 0 Å². The molecule has 1 aliphatic heterocycles. The van der Waals surface area contributed by atoms with Gasteiger partial charge in [0, 0.05) is 32.7 Å². The van der Waals surface area contributed by atoms with Crippen LogP contribution in [0.5, 0.6) is 0 Å². The van der Waals surface area contributed by atoms with Gasteiger partial charge in [0.1, 0.15) is 0 Å². The lowest BCUT2D eigenvalue weighted by atomic mass is 10.1. The minimum atomic E-state index is -0.375. The highest BCUT2D eigenvalue weighted by molar-refractivity contribution is 5.76. The van der Waals surface area contributed by atoms with Gasteiger partial charge in [-0.05, 0) is 17.7 Å². The van der Waals surface area contributed by atoms with Gasteiger partial charge in [-0.25, -0.2) is 5.48 Å². The summed E-state index contributed by atoms with van der Waals surface area (Å²) in [6.07, 6.45) is 0.